The van der Waals surface area contributed by atoms with Crippen LogP contribution in [0.25, 0.3) is 0 Å². The summed E-state index contributed by atoms with van der Waals surface area (Å²) >= 11 is -2.11. The van der Waals surface area contributed by atoms with Crippen molar-refractivity contribution in [3.63, 3.8) is 0 Å². The van der Waals surface area contributed by atoms with Crippen LogP contribution in [0, 0.1) is 10.8 Å². The van der Waals surface area contributed by atoms with Crippen LogP contribution in [0.2, 0.25) is 0 Å². The van der Waals surface area contributed by atoms with Gasteiger partial charge in [0.2, 0.25) is 0 Å². The van der Waals surface area contributed by atoms with E-state index in [2.05, 4.69) is 13.8 Å². The number of carbonyl (C=O) groups excluding carboxylic acids is 2. The Morgan fingerprint density at radius 1 is 1.12 bits per heavy atom. The monoisotopic (exact) mass is 419 g/mol. The zero-order chi connectivity index (χ0) is 12.4. The molecule has 0 aliphatic carbocycles. The molecular formula is C11H18O4Tl. The van der Waals surface area contributed by atoms with Gasteiger partial charge in [-0.1, -0.05) is 0 Å². The van der Waals surface area contributed by atoms with Gasteiger partial charge in [0.25, 0.3) is 0 Å². The van der Waals surface area contributed by atoms with Crippen molar-refractivity contribution in [1.82, 2.24) is 0 Å². The maximum atomic E-state index is 11.9. The minimum atomic E-state index is -2.11. The average Bonchev–Trinajstić information content (AvgIpc) is 2.15. The second-order valence-electron chi connectivity index (χ2n) is 5.35. The zero-order valence-electron chi connectivity index (χ0n) is 10.3. The molecule has 16 heavy (non-hydrogen) atoms. The molecule has 0 amide bonds. The van der Waals surface area contributed by atoms with Crippen molar-refractivity contribution >= 4 is 37.1 Å². The first kappa shape index (κ1) is 13.9. The van der Waals surface area contributed by atoms with Crippen LogP contribution >= 0.6 is 0 Å². The fourth-order valence-corrected chi connectivity index (χ4v) is 4.14. The molecule has 0 spiro atoms. The average molecular weight is 419 g/mol. The molecule has 0 N–H and O–H groups in total. The number of hydrogen-bond acceptors (Lipinski definition) is 4. The molecule has 0 bridgehead atoms. The van der Waals surface area contributed by atoms with Gasteiger partial charge in [-0.25, -0.2) is 0 Å². The quantitative estimate of drug-likeness (QED) is 0.564. The van der Waals surface area contributed by atoms with Gasteiger partial charge in [0.15, 0.2) is 0 Å². The van der Waals surface area contributed by atoms with Crippen molar-refractivity contribution in [2.24, 2.45) is 10.8 Å². The summed E-state index contributed by atoms with van der Waals surface area (Å²) in [6, 6.07) is 0. The van der Waals surface area contributed by atoms with E-state index in [4.69, 9.17) is 5.37 Å². The summed E-state index contributed by atoms with van der Waals surface area (Å²) in [4.78, 5) is 23.1. The molecule has 0 aromatic heterocycles. The van der Waals surface area contributed by atoms with E-state index >= 15 is 0 Å². The van der Waals surface area contributed by atoms with Gasteiger partial charge in [-0.05, 0) is 0 Å². The summed E-state index contributed by atoms with van der Waals surface area (Å²) in [5.41, 5.74) is -0.680. The van der Waals surface area contributed by atoms with Gasteiger partial charge in [0, 0.05) is 0 Å². The predicted molar refractivity (Wildman–Crippen MR) is 59.4 cm³/mol. The minimum absolute atomic E-state index is 0.159. The summed E-state index contributed by atoms with van der Waals surface area (Å²) in [7, 11) is 0. The van der Waals surface area contributed by atoms with Gasteiger partial charge in [0.1, 0.15) is 0 Å². The predicted octanol–water partition coefficient (Wildman–Crippen LogP) is 1.84. The van der Waals surface area contributed by atoms with E-state index in [0.29, 0.717) is 6.42 Å². The summed E-state index contributed by atoms with van der Waals surface area (Å²) in [6.45, 7) is 7.92. The molecule has 5 heteroatoms. The van der Waals surface area contributed by atoms with Crippen LogP contribution in [-0.2, 0) is 15.0 Å². The van der Waals surface area contributed by atoms with Gasteiger partial charge in [-0.2, -0.15) is 0 Å². The molecule has 1 saturated heterocycles. The molecule has 1 rings (SSSR count). The first-order valence-corrected chi connectivity index (χ1v) is 9.16. The Bertz CT molecular complexity index is 296. The van der Waals surface area contributed by atoms with Crippen LogP contribution in [0.15, 0.2) is 0 Å². The van der Waals surface area contributed by atoms with E-state index in [-0.39, 0.29) is 17.4 Å². The summed E-state index contributed by atoms with van der Waals surface area (Å²) in [5.74, 6) is -0.430. The number of hydrogen-bond donors (Lipinski definition) is 0. The Hall–Kier alpha value is -0.138. The third-order valence-corrected chi connectivity index (χ3v) is 6.32. The second kappa shape index (κ2) is 5.02. The molecule has 0 saturated carbocycles. The van der Waals surface area contributed by atoms with Crippen molar-refractivity contribution in [2.45, 2.75) is 47.0 Å². The number of rotatable bonds is 0. The molecule has 1 heterocycles. The molecule has 4 nitrogen and oxygen atoms in total. The molecule has 1 fully saturated rings. The van der Waals surface area contributed by atoms with Crippen LogP contribution in [0.3, 0.4) is 0 Å². The van der Waals surface area contributed by atoms with Crippen LogP contribution in [0.4, 0.5) is 0 Å². The van der Waals surface area contributed by atoms with E-state index in [1.165, 1.54) is 0 Å². The third kappa shape index (κ3) is 2.95. The van der Waals surface area contributed by atoms with Crippen LogP contribution < -0.4 is 0 Å². The normalized spacial score (nSPS) is 24.5. The first-order chi connectivity index (χ1) is 7.27. The molecule has 1 aliphatic rings. The SMILES string of the molecule is CC1(C)CCCC(=O)[O][Tl][O]C(=O)C1(C)C. The molecule has 0 aromatic rings. The van der Waals surface area contributed by atoms with Gasteiger partial charge in [-0.3, -0.25) is 0 Å². The Morgan fingerprint density at radius 3 is 2.38 bits per heavy atom. The molecule has 0 atom stereocenters. The molecule has 0 radical (unpaired) electrons. The van der Waals surface area contributed by atoms with E-state index in [0.717, 1.165) is 12.8 Å². The fourth-order valence-electron chi connectivity index (χ4n) is 1.59. The Morgan fingerprint density at radius 2 is 1.75 bits per heavy atom. The standard InChI is InChI=1S/C11H20O4.Tl/c1-10(2,7-5-6-8(12)13)11(3,4)9(14)15;/h5-7H2,1-4H3,(H,12,13)(H,14,15);/q;+2/p-2. The van der Waals surface area contributed by atoms with E-state index in [1.807, 2.05) is 13.8 Å². The molecule has 0 unspecified atom stereocenters. The van der Waals surface area contributed by atoms with Crippen molar-refractivity contribution < 1.29 is 15.0 Å². The summed E-state index contributed by atoms with van der Waals surface area (Å²) in [6.07, 6.45) is 2.03. The fraction of sp³-hybridized carbons (Fsp3) is 0.818. The van der Waals surface area contributed by atoms with Crippen molar-refractivity contribution in [2.75, 3.05) is 0 Å². The molecular weight excluding hydrogens is 401 g/mol. The Labute approximate surface area is 110 Å². The van der Waals surface area contributed by atoms with Gasteiger partial charge >= 0.3 is 110 Å². The zero-order valence-corrected chi connectivity index (χ0v) is 14.8. The van der Waals surface area contributed by atoms with Gasteiger partial charge in [-0.15, -0.1) is 0 Å². The van der Waals surface area contributed by atoms with Crippen molar-refractivity contribution in [3.8, 4) is 0 Å². The maximum absolute atomic E-state index is 11.9. The first-order valence-electron chi connectivity index (χ1n) is 5.50. The molecule has 0 aromatic carbocycles. The molecule has 1 aliphatic heterocycles. The topological polar surface area (TPSA) is 52.6 Å². The van der Waals surface area contributed by atoms with Crippen molar-refractivity contribution in [1.29, 1.82) is 0 Å². The summed E-state index contributed by atoms with van der Waals surface area (Å²) < 4.78 is 10.1. The Balaban J connectivity index is 2.85. The third-order valence-electron chi connectivity index (χ3n) is 3.72. The van der Waals surface area contributed by atoms with Gasteiger partial charge < -0.3 is 0 Å². The Kier molecular flexibility index (Phi) is 4.37. The summed E-state index contributed by atoms with van der Waals surface area (Å²) in [5, 5.41) is 0. The van der Waals surface area contributed by atoms with Crippen LogP contribution in [-0.4, -0.2) is 37.1 Å². The van der Waals surface area contributed by atoms with Gasteiger partial charge in [0.05, 0.1) is 0 Å². The molecule has 89 valence electrons. The van der Waals surface area contributed by atoms with E-state index < -0.39 is 30.6 Å². The van der Waals surface area contributed by atoms with Crippen LogP contribution in [0.5, 0.6) is 0 Å². The second-order valence-corrected chi connectivity index (χ2v) is 7.93. The van der Waals surface area contributed by atoms with Crippen molar-refractivity contribution in [3.05, 3.63) is 0 Å². The van der Waals surface area contributed by atoms with Crippen LogP contribution in [0.1, 0.15) is 47.0 Å². The number of carbonyl (C=O) groups is 2. The van der Waals surface area contributed by atoms with E-state index in [9.17, 15) is 9.59 Å². The van der Waals surface area contributed by atoms with E-state index in [1.54, 1.807) is 0 Å².